The summed E-state index contributed by atoms with van der Waals surface area (Å²) in [5.41, 5.74) is 8.79. The Morgan fingerprint density at radius 2 is 1.31 bits per heavy atom. The number of rotatable bonds is 5. The molecule has 220 valence electrons. The van der Waals surface area contributed by atoms with Crippen molar-refractivity contribution in [3.05, 3.63) is 108 Å². The highest BCUT2D eigenvalue weighted by Gasteiger charge is 2.35. The van der Waals surface area contributed by atoms with Crippen LogP contribution in [-0.4, -0.2) is 25.2 Å². The van der Waals surface area contributed by atoms with Crippen LogP contribution in [0, 0.1) is 5.41 Å². The maximum absolute atomic E-state index is 6.92. The predicted octanol–water partition coefficient (Wildman–Crippen LogP) is 10.5. The molecule has 5 aromatic carbocycles. The Morgan fingerprint density at radius 1 is 0.689 bits per heavy atom. The Balaban J connectivity index is 1.59. The number of imidazole rings is 1. The van der Waals surface area contributed by atoms with Gasteiger partial charge in [-0.05, 0) is 58.0 Å². The van der Waals surface area contributed by atoms with Crippen molar-refractivity contribution < 1.29 is 4.42 Å². The summed E-state index contributed by atoms with van der Waals surface area (Å²) in [6.07, 6.45) is 0. The van der Waals surface area contributed by atoms with E-state index >= 15 is 0 Å². The third-order valence-corrected chi connectivity index (χ3v) is 9.55. The summed E-state index contributed by atoms with van der Waals surface area (Å²) in [7, 11) is 13.8. The van der Waals surface area contributed by atoms with E-state index in [9.17, 15) is 0 Å². The molecule has 0 bridgehead atoms. The Labute approximate surface area is 268 Å². The Hall–Kier alpha value is -4.24. The summed E-state index contributed by atoms with van der Waals surface area (Å²) < 4.78 is 9.15. The van der Waals surface area contributed by atoms with E-state index in [1.807, 2.05) is 6.07 Å². The van der Waals surface area contributed by atoms with Gasteiger partial charge in [-0.3, -0.25) is 4.57 Å². The molecule has 2 aromatic heterocycles. The first-order chi connectivity index (χ1) is 21.4. The molecule has 0 aliphatic rings. The van der Waals surface area contributed by atoms with Gasteiger partial charge < -0.3 is 4.42 Å². The molecule has 5 heteroatoms. The predicted molar refractivity (Wildman–Crippen MR) is 192 cm³/mol. The summed E-state index contributed by atoms with van der Waals surface area (Å²) in [5, 5.41) is 3.44. The first kappa shape index (κ1) is 29.5. The van der Waals surface area contributed by atoms with Gasteiger partial charge in [0.25, 0.3) is 0 Å². The number of aromatic nitrogens is 2. The maximum Gasteiger partial charge on any atom is 0.149 e. The topological polar surface area (TPSA) is 31.0 Å². The molecular weight excluding hydrogens is 546 g/mol. The zero-order valence-corrected chi connectivity index (χ0v) is 27.3. The molecular formula is C40H38B2N2O. The number of para-hydroxylation sites is 3. The van der Waals surface area contributed by atoms with Gasteiger partial charge in [-0.15, -0.1) is 0 Å². The van der Waals surface area contributed by atoms with Gasteiger partial charge in [0.2, 0.25) is 0 Å². The molecule has 0 N–H and O–H groups in total. The van der Waals surface area contributed by atoms with Crippen molar-refractivity contribution in [3.63, 3.8) is 0 Å². The van der Waals surface area contributed by atoms with E-state index in [-0.39, 0.29) is 17.3 Å². The number of furan rings is 1. The molecule has 0 saturated heterocycles. The molecule has 0 unspecified atom stereocenters. The Morgan fingerprint density at radius 3 is 2.00 bits per heavy atom. The highest BCUT2D eigenvalue weighted by atomic mass is 16.3. The lowest BCUT2D eigenvalue weighted by Gasteiger charge is -2.42. The summed E-state index contributed by atoms with van der Waals surface area (Å²) in [6, 6.07) is 32.0. The first-order valence-electron chi connectivity index (χ1n) is 16.0. The average molecular weight is 584 g/mol. The van der Waals surface area contributed by atoms with E-state index in [2.05, 4.69) is 138 Å². The van der Waals surface area contributed by atoms with Gasteiger partial charge >= 0.3 is 0 Å². The minimum absolute atomic E-state index is 0.204. The van der Waals surface area contributed by atoms with Crippen molar-refractivity contribution in [2.24, 2.45) is 5.41 Å². The Bertz CT molecular complexity index is 2220. The third kappa shape index (κ3) is 4.54. The van der Waals surface area contributed by atoms with Crippen molar-refractivity contribution in [3.8, 4) is 17.1 Å². The van der Waals surface area contributed by atoms with E-state index in [1.54, 1.807) is 0 Å². The lowest BCUT2D eigenvalue weighted by Crippen LogP contribution is -2.41. The highest BCUT2D eigenvalue weighted by molar-refractivity contribution is 6.40. The Kier molecular flexibility index (Phi) is 6.82. The van der Waals surface area contributed by atoms with E-state index < -0.39 is 5.21 Å². The normalized spacial score (nSPS) is 12.9. The van der Waals surface area contributed by atoms with Crippen molar-refractivity contribution in [1.82, 2.24) is 9.55 Å². The van der Waals surface area contributed by atoms with Crippen LogP contribution in [0.3, 0.4) is 0 Å². The van der Waals surface area contributed by atoms with Gasteiger partial charge in [0.15, 0.2) is 0 Å². The van der Waals surface area contributed by atoms with Crippen LogP contribution in [0.5, 0.6) is 0 Å². The van der Waals surface area contributed by atoms with Gasteiger partial charge in [-0.2, -0.15) is 0 Å². The second kappa shape index (κ2) is 10.4. The molecule has 0 aliphatic heterocycles. The minimum atomic E-state index is -1.01. The smallest absolute Gasteiger partial charge is 0.149 e. The molecule has 2 heterocycles. The SMILES string of the molecule is [B]C([B])(c1cc(C(C)C)c(-n2c(-c3cccc4c3oc3c5ccccc5ccc43)nc3ccccc32)c(C(C)C)c1)C(C)(C)C. The summed E-state index contributed by atoms with van der Waals surface area (Å²) in [4.78, 5) is 5.31. The van der Waals surface area contributed by atoms with Gasteiger partial charge in [0.1, 0.15) is 17.0 Å². The summed E-state index contributed by atoms with van der Waals surface area (Å²) in [6.45, 7) is 15.3. The van der Waals surface area contributed by atoms with Crippen LogP contribution in [0.15, 0.2) is 95.4 Å². The number of hydrogen-bond acceptors (Lipinski definition) is 2. The van der Waals surface area contributed by atoms with Gasteiger partial charge in [-0.1, -0.05) is 126 Å². The van der Waals surface area contributed by atoms with Crippen molar-refractivity contribution in [1.29, 1.82) is 0 Å². The largest absolute Gasteiger partial charge is 0.455 e. The third-order valence-electron chi connectivity index (χ3n) is 9.55. The number of hydrogen-bond donors (Lipinski definition) is 0. The lowest BCUT2D eigenvalue weighted by atomic mass is 9.40. The van der Waals surface area contributed by atoms with Crippen LogP contribution in [0.4, 0.5) is 0 Å². The van der Waals surface area contributed by atoms with Crippen LogP contribution in [0.25, 0.3) is 60.8 Å². The molecule has 0 saturated carbocycles. The average Bonchev–Trinajstić information content (AvgIpc) is 3.58. The molecule has 45 heavy (non-hydrogen) atoms. The summed E-state index contributed by atoms with van der Waals surface area (Å²) in [5.74, 6) is 1.26. The number of benzene rings is 5. The minimum Gasteiger partial charge on any atom is -0.455 e. The molecule has 4 radical (unpaired) electrons. The van der Waals surface area contributed by atoms with E-state index in [4.69, 9.17) is 25.1 Å². The second-order valence-electron chi connectivity index (χ2n) is 14.1. The van der Waals surface area contributed by atoms with Crippen molar-refractivity contribution in [2.45, 2.75) is 65.5 Å². The molecule has 3 nitrogen and oxygen atoms in total. The molecule has 0 spiro atoms. The molecule has 0 atom stereocenters. The number of nitrogens with zero attached hydrogens (tertiary/aromatic N) is 2. The van der Waals surface area contributed by atoms with Crippen LogP contribution >= 0.6 is 0 Å². The monoisotopic (exact) mass is 584 g/mol. The maximum atomic E-state index is 6.92. The fourth-order valence-electron chi connectivity index (χ4n) is 6.63. The van der Waals surface area contributed by atoms with E-state index in [1.165, 1.54) is 11.1 Å². The fourth-order valence-corrected chi connectivity index (χ4v) is 6.63. The lowest BCUT2D eigenvalue weighted by molar-refractivity contribution is 0.358. The first-order valence-corrected chi connectivity index (χ1v) is 16.0. The standard InChI is InChI=1S/C40H38B2N2O/c1-23(2)31-21-26(40(41,42)39(5,6)7)22-32(24(3)4)35(31)44-34-18-11-10-17-33(34)43-38(44)30-16-12-15-28-29-20-19-25-13-8-9-14-27(25)36(29)45-37(28)30/h8-24H,1-7H3. The van der Waals surface area contributed by atoms with E-state index in [0.29, 0.717) is 0 Å². The quantitative estimate of drug-likeness (QED) is 0.189. The van der Waals surface area contributed by atoms with Gasteiger partial charge in [0, 0.05) is 16.2 Å². The zero-order chi connectivity index (χ0) is 31.8. The summed E-state index contributed by atoms with van der Waals surface area (Å²) >= 11 is 0. The van der Waals surface area contributed by atoms with Crippen LogP contribution < -0.4 is 0 Å². The molecule has 0 amide bonds. The van der Waals surface area contributed by atoms with Gasteiger partial charge in [0.05, 0.1) is 38.0 Å². The van der Waals surface area contributed by atoms with Gasteiger partial charge in [-0.25, -0.2) is 4.98 Å². The number of fused-ring (bicyclic) bond motifs is 6. The highest BCUT2D eigenvalue weighted by Crippen LogP contribution is 2.45. The zero-order valence-electron chi connectivity index (χ0n) is 27.3. The molecule has 0 aliphatic carbocycles. The van der Waals surface area contributed by atoms with E-state index in [0.717, 1.165) is 66.4 Å². The van der Waals surface area contributed by atoms with Crippen molar-refractivity contribution >= 4 is 59.4 Å². The van der Waals surface area contributed by atoms with Crippen LogP contribution in [-0.2, 0) is 5.21 Å². The molecule has 0 fully saturated rings. The van der Waals surface area contributed by atoms with Crippen molar-refractivity contribution in [2.75, 3.05) is 0 Å². The molecule has 7 aromatic rings. The second-order valence-corrected chi connectivity index (χ2v) is 14.1. The molecule has 7 rings (SSSR count). The van der Waals surface area contributed by atoms with Crippen LogP contribution in [0.2, 0.25) is 0 Å². The van der Waals surface area contributed by atoms with Crippen LogP contribution in [0.1, 0.15) is 77.0 Å². The fraction of sp³-hybridized carbons (Fsp3) is 0.275.